The van der Waals surface area contributed by atoms with Crippen molar-refractivity contribution in [3.8, 4) is 11.4 Å². The van der Waals surface area contributed by atoms with Gasteiger partial charge in [0.2, 0.25) is 0 Å². The summed E-state index contributed by atoms with van der Waals surface area (Å²) in [5.41, 5.74) is 3.46. The summed E-state index contributed by atoms with van der Waals surface area (Å²) in [5, 5.41) is 11.2. The summed E-state index contributed by atoms with van der Waals surface area (Å²) in [6.07, 6.45) is 3.72. The molecule has 174 valence electrons. The van der Waals surface area contributed by atoms with Crippen molar-refractivity contribution in [1.82, 2.24) is 25.3 Å². The van der Waals surface area contributed by atoms with E-state index in [1.165, 1.54) is 11.1 Å². The Kier molecular flexibility index (Phi) is 7.94. The second-order valence-electron chi connectivity index (χ2n) is 7.86. The molecule has 2 N–H and O–H groups in total. The Hall–Kier alpha value is -3.36. The summed E-state index contributed by atoms with van der Waals surface area (Å²) in [6.45, 7) is 4.76. The molecule has 33 heavy (non-hydrogen) atoms. The number of nitrogens with one attached hydrogen (secondary N) is 2. The van der Waals surface area contributed by atoms with Gasteiger partial charge in [0.25, 0.3) is 0 Å². The van der Waals surface area contributed by atoms with Crippen LogP contribution in [0, 0.1) is 0 Å². The second kappa shape index (κ2) is 11.5. The van der Waals surface area contributed by atoms with Crippen LogP contribution in [0.25, 0.3) is 5.69 Å². The van der Waals surface area contributed by atoms with Crippen LogP contribution in [0.1, 0.15) is 17.2 Å². The minimum Gasteiger partial charge on any atom is -0.497 e. The summed E-state index contributed by atoms with van der Waals surface area (Å²) in [5.74, 6) is 1.64. The Morgan fingerprint density at radius 1 is 1.09 bits per heavy atom. The molecule has 0 aliphatic carbocycles. The Morgan fingerprint density at radius 3 is 2.48 bits per heavy atom. The highest BCUT2D eigenvalue weighted by Gasteiger charge is 2.23. The summed E-state index contributed by atoms with van der Waals surface area (Å²) in [7, 11) is 3.49. The molecular weight excluding hydrogens is 416 g/mol. The van der Waals surface area contributed by atoms with Gasteiger partial charge in [-0.15, -0.1) is 0 Å². The van der Waals surface area contributed by atoms with Crippen LogP contribution >= 0.6 is 0 Å². The number of nitrogens with zero attached hydrogens (tertiary/aromatic N) is 4. The average molecular weight is 449 g/mol. The molecule has 1 unspecified atom stereocenters. The Balaban J connectivity index is 1.36. The number of hydrogen-bond donors (Lipinski definition) is 2. The number of guanidine groups is 1. The molecule has 1 atom stereocenters. The normalized spacial score (nSPS) is 15.8. The number of ether oxygens (including phenoxy) is 2. The lowest BCUT2D eigenvalue weighted by atomic mass is 10.0. The fourth-order valence-corrected chi connectivity index (χ4v) is 3.96. The summed E-state index contributed by atoms with van der Waals surface area (Å²) >= 11 is 0. The lowest BCUT2D eigenvalue weighted by Gasteiger charge is -2.35. The van der Waals surface area contributed by atoms with Gasteiger partial charge in [-0.2, -0.15) is 5.10 Å². The van der Waals surface area contributed by atoms with Crippen LogP contribution in [0.3, 0.4) is 0 Å². The Morgan fingerprint density at radius 2 is 1.85 bits per heavy atom. The monoisotopic (exact) mass is 448 g/mol. The van der Waals surface area contributed by atoms with Crippen molar-refractivity contribution >= 4 is 5.96 Å². The van der Waals surface area contributed by atoms with Gasteiger partial charge >= 0.3 is 0 Å². The van der Waals surface area contributed by atoms with Crippen LogP contribution in [0.2, 0.25) is 0 Å². The molecule has 0 amide bonds. The average Bonchev–Trinajstić information content (AvgIpc) is 3.42. The fourth-order valence-electron chi connectivity index (χ4n) is 3.96. The molecule has 4 rings (SSSR count). The van der Waals surface area contributed by atoms with Gasteiger partial charge in [-0.3, -0.25) is 9.89 Å². The molecular formula is C25H32N6O2. The van der Waals surface area contributed by atoms with Crippen LogP contribution in [0.4, 0.5) is 0 Å². The largest absolute Gasteiger partial charge is 0.497 e. The lowest BCUT2D eigenvalue weighted by molar-refractivity contribution is 0.0170. The molecule has 8 nitrogen and oxygen atoms in total. The molecule has 3 aromatic rings. The van der Waals surface area contributed by atoms with Gasteiger partial charge in [-0.1, -0.05) is 24.3 Å². The van der Waals surface area contributed by atoms with Crippen molar-refractivity contribution in [2.75, 3.05) is 47.0 Å². The lowest BCUT2D eigenvalue weighted by Crippen LogP contribution is -2.46. The Bertz CT molecular complexity index is 996. The number of hydrogen-bond acceptors (Lipinski definition) is 5. The topological polar surface area (TPSA) is 75.9 Å². The van der Waals surface area contributed by atoms with Crippen molar-refractivity contribution in [2.24, 2.45) is 4.99 Å². The molecule has 0 radical (unpaired) electrons. The van der Waals surface area contributed by atoms with Gasteiger partial charge in [0.05, 0.1) is 32.1 Å². The molecule has 1 saturated heterocycles. The summed E-state index contributed by atoms with van der Waals surface area (Å²) < 4.78 is 12.7. The van der Waals surface area contributed by atoms with E-state index in [1.807, 2.05) is 29.1 Å². The molecule has 2 heterocycles. The van der Waals surface area contributed by atoms with Crippen molar-refractivity contribution in [2.45, 2.75) is 12.6 Å². The molecule has 0 bridgehead atoms. The minimum absolute atomic E-state index is 0.215. The van der Waals surface area contributed by atoms with E-state index in [1.54, 1.807) is 20.4 Å². The zero-order valence-electron chi connectivity index (χ0n) is 19.3. The first kappa shape index (κ1) is 22.8. The second-order valence-corrected chi connectivity index (χ2v) is 7.86. The van der Waals surface area contributed by atoms with Crippen molar-refractivity contribution in [1.29, 1.82) is 0 Å². The molecule has 2 aromatic carbocycles. The van der Waals surface area contributed by atoms with Gasteiger partial charge in [0.15, 0.2) is 5.96 Å². The number of morpholine rings is 1. The van der Waals surface area contributed by atoms with E-state index in [2.05, 4.69) is 62.0 Å². The predicted molar refractivity (Wildman–Crippen MR) is 130 cm³/mol. The van der Waals surface area contributed by atoms with E-state index < -0.39 is 0 Å². The number of rotatable bonds is 8. The minimum atomic E-state index is 0.215. The molecule has 1 aliphatic rings. The molecule has 1 aliphatic heterocycles. The summed E-state index contributed by atoms with van der Waals surface area (Å²) in [4.78, 5) is 6.87. The first-order chi connectivity index (χ1) is 16.3. The van der Waals surface area contributed by atoms with E-state index in [9.17, 15) is 0 Å². The van der Waals surface area contributed by atoms with Crippen LogP contribution in [0.5, 0.6) is 5.75 Å². The third-order valence-corrected chi connectivity index (χ3v) is 5.84. The SMILES string of the molecule is CN=C(NCc1ccc(-n2cccn2)cc1)NCC(c1ccc(OC)cc1)N1CCOCC1. The number of aromatic nitrogens is 2. The van der Waals surface area contributed by atoms with Crippen molar-refractivity contribution in [3.05, 3.63) is 78.1 Å². The smallest absolute Gasteiger partial charge is 0.191 e. The molecule has 0 spiro atoms. The maximum Gasteiger partial charge on any atom is 0.191 e. The van der Waals surface area contributed by atoms with Crippen molar-refractivity contribution < 1.29 is 9.47 Å². The first-order valence-electron chi connectivity index (χ1n) is 11.3. The van der Waals surface area contributed by atoms with Crippen molar-refractivity contribution in [3.63, 3.8) is 0 Å². The number of aliphatic imine (C=N–C) groups is 1. The van der Waals surface area contributed by atoms with E-state index in [4.69, 9.17) is 9.47 Å². The zero-order valence-corrected chi connectivity index (χ0v) is 19.3. The third-order valence-electron chi connectivity index (χ3n) is 5.84. The van der Waals surface area contributed by atoms with Crippen LogP contribution in [-0.4, -0.2) is 67.6 Å². The number of methoxy groups -OCH3 is 1. The van der Waals surface area contributed by atoms with Gasteiger partial charge in [-0.25, -0.2) is 4.68 Å². The van der Waals surface area contributed by atoms with E-state index in [0.29, 0.717) is 6.54 Å². The standard InChI is InChI=1S/C25H32N6O2/c1-26-25(27-18-20-4-8-22(9-5-20)31-13-3-12-29-31)28-19-24(30-14-16-33-17-15-30)21-6-10-23(32-2)11-7-21/h3-13,24H,14-19H2,1-2H3,(H2,26,27,28). The third kappa shape index (κ3) is 6.12. The molecule has 0 saturated carbocycles. The van der Waals surface area contributed by atoms with E-state index >= 15 is 0 Å². The molecule has 1 aromatic heterocycles. The van der Waals surface area contributed by atoms with Gasteiger partial charge in [-0.05, 0) is 41.5 Å². The quantitative estimate of drug-likeness (QED) is 0.408. The zero-order chi connectivity index (χ0) is 22.9. The van der Waals surface area contributed by atoms with Gasteiger partial charge < -0.3 is 20.1 Å². The van der Waals surface area contributed by atoms with Crippen LogP contribution in [0.15, 0.2) is 72.0 Å². The van der Waals surface area contributed by atoms with E-state index in [0.717, 1.165) is 50.2 Å². The maximum absolute atomic E-state index is 5.56. The van der Waals surface area contributed by atoms with E-state index in [-0.39, 0.29) is 6.04 Å². The maximum atomic E-state index is 5.56. The molecule has 8 heteroatoms. The first-order valence-corrected chi connectivity index (χ1v) is 11.3. The van der Waals surface area contributed by atoms with Gasteiger partial charge in [0.1, 0.15) is 5.75 Å². The van der Waals surface area contributed by atoms with Crippen LogP contribution < -0.4 is 15.4 Å². The highest BCUT2D eigenvalue weighted by molar-refractivity contribution is 5.79. The fraction of sp³-hybridized carbons (Fsp3) is 0.360. The highest BCUT2D eigenvalue weighted by Crippen LogP contribution is 2.23. The summed E-state index contributed by atoms with van der Waals surface area (Å²) in [6, 6.07) is 18.8. The van der Waals surface area contributed by atoms with Gasteiger partial charge in [0, 0.05) is 45.6 Å². The highest BCUT2D eigenvalue weighted by atomic mass is 16.5. The Labute approximate surface area is 195 Å². The predicted octanol–water partition coefficient (Wildman–Crippen LogP) is 2.62. The van der Waals surface area contributed by atoms with Crippen LogP contribution in [-0.2, 0) is 11.3 Å². The molecule has 1 fully saturated rings. The number of benzene rings is 2.